The van der Waals surface area contributed by atoms with Crippen molar-refractivity contribution in [2.45, 2.75) is 25.8 Å². The van der Waals surface area contributed by atoms with Gasteiger partial charge in [-0.25, -0.2) is 0 Å². The summed E-state index contributed by atoms with van der Waals surface area (Å²) in [7, 11) is 1.50. The standard InChI is InChI=1S/C22H22N4O3/c1-3-20-23-21(29-25-20)19-13-18(24-28-2)14-26(19)22(27)17-11-9-16(10-12-17)15-7-5-4-6-8-15/h4-12,19H,3,13-14H2,1-2H3/b24-18-/t19-/m0/s1. The van der Waals surface area contributed by atoms with Gasteiger partial charge in [-0.1, -0.05) is 59.7 Å². The molecule has 0 radical (unpaired) electrons. The van der Waals surface area contributed by atoms with E-state index in [1.165, 1.54) is 7.11 Å². The van der Waals surface area contributed by atoms with Crippen molar-refractivity contribution in [2.24, 2.45) is 5.16 Å². The van der Waals surface area contributed by atoms with E-state index >= 15 is 0 Å². The third kappa shape index (κ3) is 3.89. The lowest BCUT2D eigenvalue weighted by atomic mass is 10.0. The second kappa shape index (κ2) is 8.26. The summed E-state index contributed by atoms with van der Waals surface area (Å²) in [5, 5.41) is 8.01. The number of likely N-dealkylation sites (tertiary alicyclic amines) is 1. The van der Waals surface area contributed by atoms with Crippen molar-refractivity contribution < 1.29 is 14.2 Å². The van der Waals surface area contributed by atoms with Crippen LogP contribution in [0.4, 0.5) is 0 Å². The summed E-state index contributed by atoms with van der Waals surface area (Å²) < 4.78 is 5.41. The summed E-state index contributed by atoms with van der Waals surface area (Å²) >= 11 is 0. The van der Waals surface area contributed by atoms with Gasteiger partial charge >= 0.3 is 0 Å². The van der Waals surface area contributed by atoms with Crippen LogP contribution in [-0.4, -0.2) is 40.3 Å². The number of hydrogen-bond donors (Lipinski definition) is 0. The van der Waals surface area contributed by atoms with E-state index in [4.69, 9.17) is 9.36 Å². The highest BCUT2D eigenvalue weighted by Gasteiger charge is 2.38. The molecule has 4 rings (SSSR count). The number of aromatic nitrogens is 2. The average molecular weight is 390 g/mol. The third-order valence-electron chi connectivity index (χ3n) is 4.96. The fourth-order valence-electron chi connectivity index (χ4n) is 3.48. The summed E-state index contributed by atoms with van der Waals surface area (Å²) in [6.07, 6.45) is 1.18. The molecule has 148 valence electrons. The Labute approximate surface area is 169 Å². The molecule has 7 nitrogen and oxygen atoms in total. The number of benzene rings is 2. The Bertz CT molecular complexity index is 1010. The zero-order chi connectivity index (χ0) is 20.2. The highest BCUT2D eigenvalue weighted by atomic mass is 16.6. The van der Waals surface area contributed by atoms with Crippen LogP contribution in [-0.2, 0) is 11.3 Å². The molecule has 7 heteroatoms. The zero-order valence-corrected chi connectivity index (χ0v) is 16.4. The summed E-state index contributed by atoms with van der Waals surface area (Å²) in [4.78, 5) is 24.3. The quantitative estimate of drug-likeness (QED) is 0.618. The van der Waals surface area contributed by atoms with E-state index in [0.29, 0.717) is 36.7 Å². The summed E-state index contributed by atoms with van der Waals surface area (Å²) in [6, 6.07) is 17.3. The fraction of sp³-hybridized carbons (Fsp3) is 0.273. The van der Waals surface area contributed by atoms with E-state index in [1.54, 1.807) is 4.90 Å². The van der Waals surface area contributed by atoms with Gasteiger partial charge in [0.05, 0.1) is 12.3 Å². The highest BCUT2D eigenvalue weighted by Crippen LogP contribution is 2.32. The molecule has 2 heterocycles. The lowest BCUT2D eigenvalue weighted by Gasteiger charge is -2.21. The smallest absolute Gasteiger partial charge is 0.254 e. The summed E-state index contributed by atoms with van der Waals surface area (Å²) in [5.41, 5.74) is 3.54. The van der Waals surface area contributed by atoms with Gasteiger partial charge in [-0.05, 0) is 23.3 Å². The minimum atomic E-state index is -0.349. The second-order valence-corrected chi connectivity index (χ2v) is 6.84. The Balaban J connectivity index is 1.60. The fourth-order valence-corrected chi connectivity index (χ4v) is 3.48. The van der Waals surface area contributed by atoms with Crippen molar-refractivity contribution in [1.82, 2.24) is 15.0 Å². The summed E-state index contributed by atoms with van der Waals surface area (Å²) in [5.74, 6) is 0.946. The molecule has 1 aromatic heterocycles. The Morgan fingerprint density at radius 1 is 1.17 bits per heavy atom. The van der Waals surface area contributed by atoms with Crippen LogP contribution in [0.25, 0.3) is 11.1 Å². The Kier molecular flexibility index (Phi) is 5.37. The van der Waals surface area contributed by atoms with Gasteiger partial charge in [-0.2, -0.15) is 4.98 Å². The second-order valence-electron chi connectivity index (χ2n) is 6.84. The molecule has 1 fully saturated rings. The number of carbonyl (C=O) groups excluding carboxylic acids is 1. The number of oxime groups is 1. The number of rotatable bonds is 5. The van der Waals surface area contributed by atoms with Crippen molar-refractivity contribution in [3.8, 4) is 11.1 Å². The van der Waals surface area contributed by atoms with Crippen LogP contribution < -0.4 is 0 Å². The largest absolute Gasteiger partial charge is 0.399 e. The first kappa shape index (κ1) is 18.9. The molecule has 2 aromatic carbocycles. The van der Waals surface area contributed by atoms with E-state index in [2.05, 4.69) is 15.3 Å². The molecule has 29 heavy (non-hydrogen) atoms. The van der Waals surface area contributed by atoms with Gasteiger partial charge in [-0.3, -0.25) is 4.79 Å². The first-order valence-electron chi connectivity index (χ1n) is 9.57. The number of amides is 1. The van der Waals surface area contributed by atoms with Gasteiger partial charge in [0, 0.05) is 18.4 Å². The van der Waals surface area contributed by atoms with Crippen LogP contribution in [0, 0.1) is 0 Å². The maximum atomic E-state index is 13.2. The molecule has 3 aromatic rings. The molecule has 0 saturated carbocycles. The molecule has 0 N–H and O–H groups in total. The van der Waals surface area contributed by atoms with Gasteiger partial charge < -0.3 is 14.3 Å². The van der Waals surface area contributed by atoms with Crippen LogP contribution in [0.2, 0.25) is 0 Å². The molecular weight excluding hydrogens is 368 g/mol. The SMILES string of the molecule is CCc1noc([C@@H]2C/C(=N/OC)CN2C(=O)c2ccc(-c3ccccc3)cc2)n1. The van der Waals surface area contributed by atoms with Gasteiger partial charge in [0.25, 0.3) is 5.91 Å². The monoisotopic (exact) mass is 390 g/mol. The highest BCUT2D eigenvalue weighted by molar-refractivity contribution is 6.00. The number of nitrogens with zero attached hydrogens (tertiary/aromatic N) is 4. The molecule has 0 spiro atoms. The molecule has 0 aliphatic carbocycles. The van der Waals surface area contributed by atoms with Crippen LogP contribution in [0.1, 0.15) is 41.5 Å². The molecule has 1 aliphatic rings. The number of hydrogen-bond acceptors (Lipinski definition) is 6. The minimum absolute atomic E-state index is 0.104. The topological polar surface area (TPSA) is 80.8 Å². The molecule has 1 amide bonds. The third-order valence-corrected chi connectivity index (χ3v) is 4.96. The van der Waals surface area contributed by atoms with Crippen molar-refractivity contribution in [3.05, 3.63) is 71.9 Å². The lowest BCUT2D eigenvalue weighted by molar-refractivity contribution is 0.0713. The Morgan fingerprint density at radius 3 is 2.55 bits per heavy atom. The van der Waals surface area contributed by atoms with E-state index in [0.717, 1.165) is 16.8 Å². The van der Waals surface area contributed by atoms with E-state index < -0.39 is 0 Å². The van der Waals surface area contributed by atoms with Crippen LogP contribution in [0.15, 0.2) is 64.3 Å². The zero-order valence-electron chi connectivity index (χ0n) is 16.4. The molecule has 1 aliphatic heterocycles. The van der Waals surface area contributed by atoms with E-state index in [9.17, 15) is 4.79 Å². The molecular formula is C22H22N4O3. The maximum absolute atomic E-state index is 13.2. The van der Waals surface area contributed by atoms with Crippen molar-refractivity contribution in [3.63, 3.8) is 0 Å². The van der Waals surface area contributed by atoms with Crippen molar-refractivity contribution in [2.75, 3.05) is 13.7 Å². The van der Waals surface area contributed by atoms with Gasteiger partial charge in [0.1, 0.15) is 13.2 Å². The van der Waals surface area contributed by atoms with Crippen LogP contribution >= 0.6 is 0 Å². The Morgan fingerprint density at radius 2 is 1.90 bits per heavy atom. The lowest BCUT2D eigenvalue weighted by Crippen LogP contribution is -2.31. The van der Waals surface area contributed by atoms with Gasteiger partial charge in [0.2, 0.25) is 5.89 Å². The Hall–Kier alpha value is -3.48. The first-order valence-corrected chi connectivity index (χ1v) is 9.57. The van der Waals surface area contributed by atoms with E-state index in [-0.39, 0.29) is 11.9 Å². The van der Waals surface area contributed by atoms with E-state index in [1.807, 2.05) is 61.5 Å². The minimum Gasteiger partial charge on any atom is -0.399 e. The maximum Gasteiger partial charge on any atom is 0.254 e. The first-order chi connectivity index (χ1) is 14.2. The van der Waals surface area contributed by atoms with Crippen molar-refractivity contribution >= 4 is 11.6 Å². The van der Waals surface area contributed by atoms with Gasteiger partial charge in [-0.15, -0.1) is 0 Å². The molecule has 1 saturated heterocycles. The van der Waals surface area contributed by atoms with Crippen LogP contribution in [0.3, 0.4) is 0 Å². The van der Waals surface area contributed by atoms with Crippen molar-refractivity contribution in [1.29, 1.82) is 0 Å². The molecule has 0 unspecified atom stereocenters. The number of carbonyl (C=O) groups is 1. The number of aryl methyl sites for hydroxylation is 1. The predicted octanol–water partition coefficient (Wildman–Crippen LogP) is 3.89. The normalized spacial score (nSPS) is 17.7. The predicted molar refractivity (Wildman–Crippen MR) is 108 cm³/mol. The van der Waals surface area contributed by atoms with Gasteiger partial charge in [0.15, 0.2) is 5.82 Å². The average Bonchev–Trinajstić information content (AvgIpc) is 3.41. The molecule has 0 bridgehead atoms. The van der Waals surface area contributed by atoms with Crippen LogP contribution in [0.5, 0.6) is 0 Å². The molecule has 1 atom stereocenters. The summed E-state index contributed by atoms with van der Waals surface area (Å²) in [6.45, 7) is 2.32.